The first-order valence-electron chi connectivity index (χ1n) is 16.6. The molecule has 0 aliphatic rings. The largest absolute Gasteiger partial charge is 0.308 e. The molecular weight excluding hydrogens is 605 g/mol. The minimum atomic E-state index is 0.650. The van der Waals surface area contributed by atoms with E-state index in [0.29, 0.717) is 17.5 Å². The molecule has 0 atom stereocenters. The number of thiophene rings is 1. The maximum absolute atomic E-state index is 5.03. The van der Waals surface area contributed by atoms with Gasteiger partial charge >= 0.3 is 0 Å². The van der Waals surface area contributed by atoms with Crippen molar-refractivity contribution in [2.75, 3.05) is 0 Å². The molecule has 3 heterocycles. The van der Waals surface area contributed by atoms with Gasteiger partial charge in [-0.3, -0.25) is 0 Å². The molecule has 0 aliphatic heterocycles. The van der Waals surface area contributed by atoms with Crippen LogP contribution in [0.25, 0.3) is 81.8 Å². The molecule has 0 bridgehead atoms. The number of fused-ring (bicyclic) bond motifs is 7. The van der Waals surface area contributed by atoms with E-state index < -0.39 is 0 Å². The summed E-state index contributed by atoms with van der Waals surface area (Å²) >= 11 is 1.89. The second kappa shape index (κ2) is 11.9. The lowest BCUT2D eigenvalue weighted by atomic mass is 10.0. The van der Waals surface area contributed by atoms with Crippen LogP contribution in [0, 0.1) is 0 Å². The highest BCUT2D eigenvalue weighted by Gasteiger charge is 2.19. The number of para-hydroxylation sites is 1. The van der Waals surface area contributed by atoms with Crippen LogP contribution in [0.2, 0.25) is 0 Å². The van der Waals surface area contributed by atoms with Crippen molar-refractivity contribution >= 4 is 53.3 Å². The van der Waals surface area contributed by atoms with Crippen molar-refractivity contribution in [3.8, 4) is 39.9 Å². The normalized spacial score (nSPS) is 11.7. The molecule has 48 heavy (non-hydrogen) atoms. The lowest BCUT2D eigenvalue weighted by Crippen LogP contribution is -2.01. The van der Waals surface area contributed by atoms with Gasteiger partial charge in [-0.25, -0.2) is 15.0 Å². The fraction of sp³-hybridized carbons (Fsp3) is 0.0930. The van der Waals surface area contributed by atoms with Gasteiger partial charge in [0.25, 0.3) is 0 Å². The van der Waals surface area contributed by atoms with E-state index in [9.17, 15) is 0 Å². The van der Waals surface area contributed by atoms with Crippen molar-refractivity contribution < 1.29 is 0 Å². The lowest BCUT2D eigenvalue weighted by molar-refractivity contribution is 0.796. The summed E-state index contributed by atoms with van der Waals surface area (Å²) in [4.78, 5) is 15.0. The molecule has 4 nitrogen and oxygen atoms in total. The Labute approximate surface area is 283 Å². The molecule has 0 fully saturated rings. The number of benzene rings is 6. The summed E-state index contributed by atoms with van der Waals surface area (Å²) in [7, 11) is 0. The Morgan fingerprint density at radius 1 is 0.542 bits per heavy atom. The highest BCUT2D eigenvalue weighted by atomic mass is 32.1. The second-order valence-electron chi connectivity index (χ2n) is 12.3. The Bertz CT molecular complexity index is 2540. The highest BCUT2D eigenvalue weighted by Crippen LogP contribution is 2.43. The smallest absolute Gasteiger partial charge is 0.164 e. The van der Waals surface area contributed by atoms with Crippen molar-refractivity contribution in [1.82, 2.24) is 19.5 Å². The van der Waals surface area contributed by atoms with Crippen LogP contribution >= 0.6 is 11.3 Å². The van der Waals surface area contributed by atoms with Gasteiger partial charge in [0.15, 0.2) is 17.5 Å². The van der Waals surface area contributed by atoms with E-state index in [2.05, 4.69) is 90.4 Å². The minimum Gasteiger partial charge on any atom is -0.308 e. The van der Waals surface area contributed by atoms with Crippen molar-refractivity contribution in [1.29, 1.82) is 0 Å². The average Bonchev–Trinajstić information content (AvgIpc) is 3.70. The second-order valence-corrected chi connectivity index (χ2v) is 13.4. The Kier molecular flexibility index (Phi) is 7.06. The molecule has 3 aromatic heterocycles. The Balaban J connectivity index is 1.27. The third kappa shape index (κ3) is 4.86. The van der Waals surface area contributed by atoms with Gasteiger partial charge in [0.05, 0.1) is 15.7 Å². The van der Waals surface area contributed by atoms with E-state index in [1.807, 2.05) is 72.0 Å². The summed E-state index contributed by atoms with van der Waals surface area (Å²) in [6.45, 7) is 2.26. The number of nitrogens with zero attached hydrogens (tertiary/aromatic N) is 4. The van der Waals surface area contributed by atoms with E-state index in [0.717, 1.165) is 28.8 Å². The quantitative estimate of drug-likeness (QED) is 0.175. The molecule has 6 aromatic carbocycles. The molecule has 230 valence electrons. The van der Waals surface area contributed by atoms with Crippen molar-refractivity contribution in [3.63, 3.8) is 0 Å². The van der Waals surface area contributed by atoms with E-state index in [4.69, 9.17) is 15.0 Å². The number of hydrogen-bond acceptors (Lipinski definition) is 4. The molecule has 0 radical (unpaired) electrons. The highest BCUT2D eigenvalue weighted by molar-refractivity contribution is 7.26. The zero-order chi connectivity index (χ0) is 32.0. The van der Waals surface area contributed by atoms with E-state index in [-0.39, 0.29) is 0 Å². The van der Waals surface area contributed by atoms with E-state index in [1.165, 1.54) is 60.4 Å². The van der Waals surface area contributed by atoms with Crippen molar-refractivity contribution in [2.24, 2.45) is 0 Å². The van der Waals surface area contributed by atoms with Crippen LogP contribution in [0.3, 0.4) is 0 Å². The van der Waals surface area contributed by atoms with Crippen LogP contribution < -0.4 is 0 Å². The maximum Gasteiger partial charge on any atom is 0.164 e. The summed E-state index contributed by atoms with van der Waals surface area (Å²) in [6, 6.07) is 49.3. The third-order valence-corrected chi connectivity index (χ3v) is 10.4. The number of hydrogen-bond donors (Lipinski definition) is 0. The maximum atomic E-state index is 5.03. The topological polar surface area (TPSA) is 43.6 Å². The van der Waals surface area contributed by atoms with Crippen molar-refractivity contribution in [3.05, 3.63) is 145 Å². The van der Waals surface area contributed by atoms with Crippen LogP contribution in [0.15, 0.2) is 140 Å². The first kappa shape index (κ1) is 28.6. The van der Waals surface area contributed by atoms with Crippen LogP contribution in [0.1, 0.15) is 25.3 Å². The van der Waals surface area contributed by atoms with Gasteiger partial charge in [0.2, 0.25) is 0 Å². The summed E-state index contributed by atoms with van der Waals surface area (Å²) in [6.07, 6.45) is 3.53. The SMILES string of the molecule is CCCCc1ccc2sc3c(ccc4c5ccccc5n(-c5cccc(-c6nc(-c7ccccc7)nc(-c7ccccc7)n6)c5)c43)c2c1. The van der Waals surface area contributed by atoms with Gasteiger partial charge < -0.3 is 4.57 Å². The Morgan fingerprint density at radius 2 is 1.19 bits per heavy atom. The average molecular weight is 637 g/mol. The molecular formula is C43H32N4S. The van der Waals surface area contributed by atoms with Gasteiger partial charge in [0.1, 0.15) is 0 Å². The van der Waals surface area contributed by atoms with E-state index >= 15 is 0 Å². The van der Waals surface area contributed by atoms with Crippen LogP contribution in [-0.2, 0) is 6.42 Å². The first-order valence-corrected chi connectivity index (χ1v) is 17.4. The minimum absolute atomic E-state index is 0.650. The van der Waals surface area contributed by atoms with Gasteiger partial charge in [-0.05, 0) is 48.7 Å². The fourth-order valence-corrected chi connectivity index (χ4v) is 8.08. The molecule has 0 saturated carbocycles. The number of aryl methyl sites for hydroxylation is 1. The first-order chi connectivity index (χ1) is 23.7. The molecule has 9 aromatic rings. The monoisotopic (exact) mass is 636 g/mol. The summed E-state index contributed by atoms with van der Waals surface area (Å²) in [5.41, 5.74) is 7.79. The summed E-state index contributed by atoms with van der Waals surface area (Å²) < 4.78 is 5.08. The number of rotatable bonds is 7. The number of unbranched alkanes of at least 4 members (excludes halogenated alkanes) is 1. The molecule has 0 N–H and O–H groups in total. The van der Waals surface area contributed by atoms with Crippen molar-refractivity contribution in [2.45, 2.75) is 26.2 Å². The molecule has 0 spiro atoms. The zero-order valence-electron chi connectivity index (χ0n) is 26.6. The Hall–Kier alpha value is -5.65. The predicted molar refractivity (Wildman–Crippen MR) is 202 cm³/mol. The number of aromatic nitrogens is 4. The summed E-state index contributed by atoms with van der Waals surface area (Å²) in [5.74, 6) is 1.97. The van der Waals surface area contributed by atoms with E-state index in [1.54, 1.807) is 0 Å². The van der Waals surface area contributed by atoms with Gasteiger partial charge in [-0.2, -0.15) is 0 Å². The standard InChI is InChI=1S/C43H32N4S/c1-2-3-13-28-22-25-38-36(26-28)35-24-23-34-33-20-10-11-21-37(33)47(39(34)40(35)48-38)32-19-12-18-31(27-32)43-45-41(29-14-6-4-7-15-29)44-42(46-43)30-16-8-5-9-17-30/h4-12,14-27H,2-3,13H2,1H3. The van der Waals surface area contributed by atoms with Gasteiger partial charge in [-0.15, -0.1) is 11.3 Å². The molecule has 0 saturated heterocycles. The van der Waals surface area contributed by atoms with Crippen LogP contribution in [0.5, 0.6) is 0 Å². The fourth-order valence-electron chi connectivity index (χ4n) is 6.86. The Morgan fingerprint density at radius 3 is 1.92 bits per heavy atom. The third-order valence-electron chi connectivity index (χ3n) is 9.22. The molecule has 5 heteroatoms. The summed E-state index contributed by atoms with van der Waals surface area (Å²) in [5, 5.41) is 5.18. The van der Waals surface area contributed by atoms with Crippen LogP contribution in [0.4, 0.5) is 0 Å². The zero-order valence-corrected chi connectivity index (χ0v) is 27.4. The lowest BCUT2D eigenvalue weighted by Gasteiger charge is -2.12. The molecule has 0 unspecified atom stereocenters. The molecule has 0 amide bonds. The predicted octanol–water partition coefficient (Wildman–Crippen LogP) is 11.7. The van der Waals surface area contributed by atoms with Gasteiger partial charge in [0, 0.05) is 48.6 Å². The van der Waals surface area contributed by atoms with Crippen LogP contribution in [-0.4, -0.2) is 19.5 Å². The molecule has 9 rings (SSSR count). The molecule has 0 aliphatic carbocycles. The van der Waals surface area contributed by atoms with Gasteiger partial charge in [-0.1, -0.05) is 123 Å².